The van der Waals surface area contributed by atoms with E-state index in [1.807, 2.05) is 13.0 Å². The van der Waals surface area contributed by atoms with Crippen molar-refractivity contribution in [2.24, 2.45) is 4.99 Å². The monoisotopic (exact) mass is 278 g/mol. The summed E-state index contributed by atoms with van der Waals surface area (Å²) in [5, 5.41) is 4.23. The average molecular weight is 279 g/mol. The summed E-state index contributed by atoms with van der Waals surface area (Å²) in [6, 6.07) is 4.02. The number of hydrogen-bond acceptors (Lipinski definition) is 4. The third-order valence-corrected chi connectivity index (χ3v) is 4.24. The molecule has 19 heavy (non-hydrogen) atoms. The second kappa shape index (κ2) is 5.02. The summed E-state index contributed by atoms with van der Waals surface area (Å²) in [5.74, 6) is 1.13. The van der Waals surface area contributed by atoms with Crippen LogP contribution in [-0.4, -0.2) is 55.4 Å². The highest BCUT2D eigenvalue weighted by molar-refractivity contribution is 6.31. The van der Waals surface area contributed by atoms with Crippen LogP contribution >= 0.6 is 11.6 Å². The molecular weight excluding hydrogens is 260 g/mol. The maximum Gasteiger partial charge on any atom is 0.124 e. The van der Waals surface area contributed by atoms with Crippen molar-refractivity contribution in [3.8, 4) is 0 Å². The van der Waals surface area contributed by atoms with Crippen LogP contribution in [0.2, 0.25) is 5.02 Å². The van der Waals surface area contributed by atoms with Crippen LogP contribution in [0.5, 0.6) is 0 Å². The normalized spacial score (nSPS) is 19.7. The molecule has 0 saturated carbocycles. The zero-order valence-electron chi connectivity index (χ0n) is 11.4. The number of amidine groups is 1. The van der Waals surface area contributed by atoms with Crippen LogP contribution in [0.25, 0.3) is 0 Å². The van der Waals surface area contributed by atoms with Gasteiger partial charge in [-0.1, -0.05) is 11.6 Å². The summed E-state index contributed by atoms with van der Waals surface area (Å²) in [4.78, 5) is 9.49. The van der Waals surface area contributed by atoms with Crippen molar-refractivity contribution in [1.29, 1.82) is 0 Å². The highest BCUT2D eigenvalue weighted by Gasteiger charge is 2.21. The summed E-state index contributed by atoms with van der Waals surface area (Å²) in [7, 11) is 2.16. The van der Waals surface area contributed by atoms with Crippen LogP contribution in [0.3, 0.4) is 0 Å². The summed E-state index contributed by atoms with van der Waals surface area (Å²) < 4.78 is 0. The van der Waals surface area contributed by atoms with E-state index >= 15 is 0 Å². The van der Waals surface area contributed by atoms with Gasteiger partial charge in [-0.2, -0.15) is 0 Å². The number of nitrogens with zero attached hydrogens (tertiary/aromatic N) is 3. The van der Waals surface area contributed by atoms with Gasteiger partial charge in [0.05, 0.1) is 17.9 Å². The maximum absolute atomic E-state index is 6.18. The molecule has 0 atom stereocenters. The molecule has 0 spiro atoms. The Bertz CT molecular complexity index is 518. The first-order valence-electron chi connectivity index (χ1n) is 6.68. The Labute approximate surface area is 119 Å². The van der Waals surface area contributed by atoms with Crippen molar-refractivity contribution in [3.63, 3.8) is 0 Å². The molecule has 4 nitrogen and oxygen atoms in total. The minimum absolute atomic E-state index is 0.781. The molecule has 1 aromatic carbocycles. The Morgan fingerprint density at radius 3 is 2.68 bits per heavy atom. The summed E-state index contributed by atoms with van der Waals surface area (Å²) in [5.41, 5.74) is 3.13. The van der Waals surface area contributed by atoms with E-state index in [1.54, 1.807) is 0 Å². The lowest BCUT2D eigenvalue weighted by Gasteiger charge is -2.36. The Balaban J connectivity index is 1.85. The molecule has 3 rings (SSSR count). The van der Waals surface area contributed by atoms with Crippen LogP contribution in [0.4, 0.5) is 11.4 Å². The van der Waals surface area contributed by atoms with Crippen molar-refractivity contribution in [2.45, 2.75) is 6.92 Å². The molecule has 0 aliphatic carbocycles. The van der Waals surface area contributed by atoms with E-state index in [-0.39, 0.29) is 0 Å². The van der Waals surface area contributed by atoms with Gasteiger partial charge >= 0.3 is 0 Å². The molecule has 0 bridgehead atoms. The molecule has 0 aromatic heterocycles. The number of aliphatic imine (C=N–C) groups is 1. The fourth-order valence-corrected chi connectivity index (χ4v) is 2.66. The second-order valence-corrected chi connectivity index (χ2v) is 5.70. The molecule has 2 aliphatic rings. The molecule has 2 heterocycles. The summed E-state index contributed by atoms with van der Waals surface area (Å²) in [6.07, 6.45) is 0. The molecule has 0 amide bonds. The molecule has 2 aliphatic heterocycles. The number of fused-ring (bicyclic) bond motifs is 1. The zero-order valence-corrected chi connectivity index (χ0v) is 12.2. The van der Waals surface area contributed by atoms with Crippen LogP contribution in [0.15, 0.2) is 17.1 Å². The predicted octanol–water partition coefficient (Wildman–Crippen LogP) is 2.35. The molecule has 1 saturated heterocycles. The molecule has 102 valence electrons. The van der Waals surface area contributed by atoms with Gasteiger partial charge in [0.15, 0.2) is 0 Å². The quantitative estimate of drug-likeness (QED) is 0.790. The van der Waals surface area contributed by atoms with Gasteiger partial charge in [0, 0.05) is 31.2 Å². The Kier molecular flexibility index (Phi) is 3.37. The van der Waals surface area contributed by atoms with E-state index < -0.39 is 0 Å². The molecular formula is C14H19ClN4. The Morgan fingerprint density at radius 2 is 1.95 bits per heavy atom. The first kappa shape index (κ1) is 12.8. The molecule has 5 heteroatoms. The van der Waals surface area contributed by atoms with Crippen molar-refractivity contribution >= 4 is 28.8 Å². The van der Waals surface area contributed by atoms with Gasteiger partial charge in [0.2, 0.25) is 0 Å². The van der Waals surface area contributed by atoms with Gasteiger partial charge in [-0.05, 0) is 31.7 Å². The smallest absolute Gasteiger partial charge is 0.124 e. The number of hydrogen-bond donors (Lipinski definition) is 1. The number of aryl methyl sites for hydroxylation is 1. The number of likely N-dealkylation sites (N-methyl/N-ethyl adjacent to an activating group) is 1. The number of anilines is 1. The van der Waals surface area contributed by atoms with Gasteiger partial charge < -0.3 is 15.1 Å². The van der Waals surface area contributed by atoms with Crippen LogP contribution in [-0.2, 0) is 0 Å². The lowest BCUT2D eigenvalue weighted by Crippen LogP contribution is -2.49. The van der Waals surface area contributed by atoms with Crippen molar-refractivity contribution in [1.82, 2.24) is 9.80 Å². The number of nitrogens with one attached hydrogen (secondary N) is 1. The first-order valence-corrected chi connectivity index (χ1v) is 7.06. The van der Waals surface area contributed by atoms with E-state index in [4.69, 9.17) is 16.6 Å². The standard InChI is InChI=1S/C14H19ClN4/c1-10-7-12-13(8-11(10)15)17-14(9-16-12)19-5-3-18(2)4-6-19/h7-8,16H,3-6,9H2,1-2H3. The lowest BCUT2D eigenvalue weighted by atomic mass is 10.1. The molecule has 1 aromatic rings. The summed E-state index contributed by atoms with van der Waals surface area (Å²) >= 11 is 6.18. The van der Waals surface area contributed by atoms with Gasteiger partial charge in [0.1, 0.15) is 5.84 Å². The summed E-state index contributed by atoms with van der Waals surface area (Å²) in [6.45, 7) is 7.11. The molecule has 1 fully saturated rings. The van der Waals surface area contributed by atoms with E-state index in [0.717, 1.165) is 60.5 Å². The Morgan fingerprint density at radius 1 is 1.21 bits per heavy atom. The molecule has 0 radical (unpaired) electrons. The first-order chi connectivity index (χ1) is 9.13. The molecule has 0 unspecified atom stereocenters. The molecule has 1 N–H and O–H groups in total. The van der Waals surface area contributed by atoms with Gasteiger partial charge in [0.25, 0.3) is 0 Å². The SMILES string of the molecule is Cc1cc2c(cc1Cl)N=C(N1CCN(C)CC1)CN2. The largest absolute Gasteiger partial charge is 0.376 e. The van der Waals surface area contributed by atoms with E-state index in [9.17, 15) is 0 Å². The Hall–Kier alpha value is -1.26. The zero-order chi connectivity index (χ0) is 13.4. The van der Waals surface area contributed by atoms with E-state index in [1.165, 1.54) is 0 Å². The minimum Gasteiger partial charge on any atom is -0.376 e. The van der Waals surface area contributed by atoms with Crippen molar-refractivity contribution in [2.75, 3.05) is 45.1 Å². The topological polar surface area (TPSA) is 30.9 Å². The lowest BCUT2D eigenvalue weighted by molar-refractivity contribution is 0.214. The number of benzene rings is 1. The van der Waals surface area contributed by atoms with Crippen molar-refractivity contribution < 1.29 is 0 Å². The predicted molar refractivity (Wildman–Crippen MR) is 80.8 cm³/mol. The number of rotatable bonds is 0. The van der Waals surface area contributed by atoms with Crippen LogP contribution < -0.4 is 5.32 Å². The minimum atomic E-state index is 0.781. The van der Waals surface area contributed by atoms with E-state index in [0.29, 0.717) is 0 Å². The maximum atomic E-state index is 6.18. The highest BCUT2D eigenvalue weighted by Crippen LogP contribution is 2.33. The van der Waals surface area contributed by atoms with E-state index in [2.05, 4.69) is 28.2 Å². The second-order valence-electron chi connectivity index (χ2n) is 5.29. The third kappa shape index (κ3) is 2.55. The fourth-order valence-electron chi connectivity index (χ4n) is 2.51. The average Bonchev–Trinajstić information content (AvgIpc) is 2.40. The van der Waals surface area contributed by atoms with Gasteiger partial charge in [-0.3, -0.25) is 0 Å². The van der Waals surface area contributed by atoms with Crippen molar-refractivity contribution in [3.05, 3.63) is 22.7 Å². The number of halogens is 1. The van der Waals surface area contributed by atoms with Crippen LogP contribution in [0.1, 0.15) is 5.56 Å². The third-order valence-electron chi connectivity index (χ3n) is 3.83. The number of piperazine rings is 1. The highest BCUT2D eigenvalue weighted by atomic mass is 35.5. The van der Waals surface area contributed by atoms with Crippen LogP contribution in [0, 0.1) is 6.92 Å². The fraction of sp³-hybridized carbons (Fsp3) is 0.500. The van der Waals surface area contributed by atoms with Gasteiger partial charge in [-0.15, -0.1) is 0 Å². The van der Waals surface area contributed by atoms with Gasteiger partial charge in [-0.25, -0.2) is 4.99 Å².